The van der Waals surface area contributed by atoms with Crippen molar-refractivity contribution in [1.82, 2.24) is 14.7 Å². The summed E-state index contributed by atoms with van der Waals surface area (Å²) in [6.07, 6.45) is 0.629. The van der Waals surface area contributed by atoms with Gasteiger partial charge in [0.25, 0.3) is 17.7 Å². The molecule has 0 aliphatic carbocycles. The first-order valence-corrected chi connectivity index (χ1v) is 11.0. The maximum atomic E-state index is 13.3. The quantitative estimate of drug-likeness (QED) is 0.586. The summed E-state index contributed by atoms with van der Waals surface area (Å²) in [6, 6.07) is 20.1. The number of carbonyl (C=O) groups excluding carboxylic acids is 4. The van der Waals surface area contributed by atoms with Crippen molar-refractivity contribution in [3.63, 3.8) is 0 Å². The zero-order valence-corrected chi connectivity index (χ0v) is 18.1. The molecule has 3 aromatic carbocycles. The van der Waals surface area contributed by atoms with Crippen LogP contribution in [-0.4, -0.2) is 71.1 Å². The Kier molecular flexibility index (Phi) is 5.38. The molecule has 2 heterocycles. The smallest absolute Gasteiger partial charge is 0.262 e. The topological polar surface area (TPSA) is 78.0 Å². The van der Waals surface area contributed by atoms with Crippen LogP contribution >= 0.6 is 0 Å². The van der Waals surface area contributed by atoms with E-state index in [1.54, 1.807) is 34.1 Å². The zero-order chi connectivity index (χ0) is 22.9. The molecule has 0 bridgehead atoms. The monoisotopic (exact) mass is 441 g/mol. The van der Waals surface area contributed by atoms with E-state index in [1.165, 1.54) is 0 Å². The number of hydrogen-bond acceptors (Lipinski definition) is 4. The molecule has 7 heteroatoms. The Morgan fingerprint density at radius 3 is 2.06 bits per heavy atom. The molecule has 0 spiro atoms. The third-order valence-corrected chi connectivity index (χ3v) is 6.33. The van der Waals surface area contributed by atoms with E-state index in [9.17, 15) is 19.2 Å². The van der Waals surface area contributed by atoms with Crippen molar-refractivity contribution in [2.24, 2.45) is 0 Å². The third kappa shape index (κ3) is 3.75. The predicted molar refractivity (Wildman–Crippen MR) is 123 cm³/mol. The van der Waals surface area contributed by atoms with Gasteiger partial charge in [0.15, 0.2) is 0 Å². The fraction of sp³-hybridized carbons (Fsp3) is 0.231. The van der Waals surface area contributed by atoms with Crippen LogP contribution in [-0.2, 0) is 4.79 Å². The van der Waals surface area contributed by atoms with Gasteiger partial charge < -0.3 is 9.80 Å². The molecule has 0 saturated carbocycles. The fourth-order valence-electron chi connectivity index (χ4n) is 4.57. The molecule has 7 nitrogen and oxygen atoms in total. The highest BCUT2D eigenvalue weighted by atomic mass is 16.2. The third-order valence-electron chi connectivity index (χ3n) is 6.33. The predicted octanol–water partition coefficient (Wildman–Crippen LogP) is 2.81. The van der Waals surface area contributed by atoms with Crippen LogP contribution < -0.4 is 0 Å². The second-order valence-corrected chi connectivity index (χ2v) is 8.30. The van der Waals surface area contributed by atoms with Crippen molar-refractivity contribution < 1.29 is 19.2 Å². The van der Waals surface area contributed by atoms with Crippen LogP contribution in [0.25, 0.3) is 10.8 Å². The summed E-state index contributed by atoms with van der Waals surface area (Å²) >= 11 is 0. The molecule has 2 aliphatic heterocycles. The zero-order valence-electron chi connectivity index (χ0n) is 18.1. The molecule has 0 N–H and O–H groups in total. The molecule has 2 aliphatic rings. The van der Waals surface area contributed by atoms with Crippen molar-refractivity contribution in [1.29, 1.82) is 0 Å². The number of hydrogen-bond donors (Lipinski definition) is 0. The van der Waals surface area contributed by atoms with Crippen molar-refractivity contribution in [2.45, 2.75) is 6.42 Å². The Morgan fingerprint density at radius 2 is 1.30 bits per heavy atom. The number of nitrogens with zero attached hydrogens (tertiary/aromatic N) is 3. The summed E-state index contributed by atoms with van der Waals surface area (Å²) < 4.78 is 0. The summed E-state index contributed by atoms with van der Waals surface area (Å²) in [7, 11) is 0. The van der Waals surface area contributed by atoms with Crippen LogP contribution in [0.1, 0.15) is 37.5 Å². The molecular weight excluding hydrogens is 418 g/mol. The van der Waals surface area contributed by atoms with Crippen molar-refractivity contribution in [3.05, 3.63) is 83.4 Å². The Balaban J connectivity index is 1.26. The first kappa shape index (κ1) is 20.9. The lowest BCUT2D eigenvalue weighted by molar-refractivity contribution is -0.131. The molecule has 0 unspecified atom stereocenters. The molecule has 33 heavy (non-hydrogen) atoms. The lowest BCUT2D eigenvalue weighted by Gasteiger charge is -2.24. The SMILES string of the molecule is O=C(CN1C(=O)c2ccccc2C1=O)N1CCCN(C(=O)c2cccc3ccccc23)CC1. The lowest BCUT2D eigenvalue weighted by Crippen LogP contribution is -2.44. The van der Waals surface area contributed by atoms with Gasteiger partial charge in [-0.2, -0.15) is 0 Å². The van der Waals surface area contributed by atoms with Crippen LogP contribution in [0, 0.1) is 0 Å². The van der Waals surface area contributed by atoms with Crippen LogP contribution in [0.15, 0.2) is 66.7 Å². The van der Waals surface area contributed by atoms with Crippen LogP contribution in [0.3, 0.4) is 0 Å². The largest absolute Gasteiger partial charge is 0.339 e. The van der Waals surface area contributed by atoms with E-state index in [2.05, 4.69) is 0 Å². The van der Waals surface area contributed by atoms with E-state index in [-0.39, 0.29) is 18.4 Å². The first-order chi connectivity index (χ1) is 16.0. The Hall–Kier alpha value is -4.00. The van der Waals surface area contributed by atoms with E-state index in [4.69, 9.17) is 0 Å². The van der Waals surface area contributed by atoms with Gasteiger partial charge in [0, 0.05) is 31.7 Å². The standard InChI is InChI=1S/C26H23N3O4/c30-23(17-29-25(32)21-10-3-4-11-22(21)26(29)33)27-13-6-14-28(16-15-27)24(31)20-12-5-8-18-7-1-2-9-19(18)20/h1-5,7-12H,6,13-17H2. The molecule has 3 aromatic rings. The van der Waals surface area contributed by atoms with Gasteiger partial charge in [-0.1, -0.05) is 48.5 Å². The molecular formula is C26H23N3O4. The second-order valence-electron chi connectivity index (χ2n) is 8.30. The fourth-order valence-corrected chi connectivity index (χ4v) is 4.57. The van der Waals surface area contributed by atoms with Gasteiger partial charge in [-0.15, -0.1) is 0 Å². The highest BCUT2D eigenvalue weighted by Gasteiger charge is 2.37. The van der Waals surface area contributed by atoms with Crippen molar-refractivity contribution >= 4 is 34.4 Å². The summed E-state index contributed by atoms with van der Waals surface area (Å²) in [5.41, 5.74) is 1.31. The van der Waals surface area contributed by atoms with Gasteiger partial charge in [-0.3, -0.25) is 24.1 Å². The first-order valence-electron chi connectivity index (χ1n) is 11.0. The Morgan fingerprint density at radius 1 is 0.697 bits per heavy atom. The average Bonchev–Trinajstić information content (AvgIpc) is 3.02. The highest BCUT2D eigenvalue weighted by molar-refractivity contribution is 6.22. The molecule has 0 aromatic heterocycles. The maximum Gasteiger partial charge on any atom is 0.262 e. The molecule has 1 fully saturated rings. The normalized spacial score (nSPS) is 16.2. The molecule has 0 radical (unpaired) electrons. The average molecular weight is 441 g/mol. The van der Waals surface area contributed by atoms with Gasteiger partial charge in [-0.25, -0.2) is 0 Å². The molecule has 1 saturated heterocycles. The molecule has 0 atom stereocenters. The number of benzene rings is 3. The number of rotatable bonds is 3. The Bertz CT molecular complexity index is 1250. The summed E-state index contributed by atoms with van der Waals surface area (Å²) in [6.45, 7) is 1.48. The maximum absolute atomic E-state index is 13.3. The minimum atomic E-state index is -0.438. The van der Waals surface area contributed by atoms with Gasteiger partial charge in [-0.05, 0) is 35.4 Å². The molecule has 4 amide bonds. The van der Waals surface area contributed by atoms with Crippen LogP contribution in [0.5, 0.6) is 0 Å². The van der Waals surface area contributed by atoms with E-state index in [0.717, 1.165) is 15.7 Å². The second kappa shape index (κ2) is 8.50. The minimum absolute atomic E-state index is 0.0542. The summed E-state index contributed by atoms with van der Waals surface area (Å²) in [5, 5.41) is 1.92. The van der Waals surface area contributed by atoms with Gasteiger partial charge in [0.05, 0.1) is 11.1 Å². The van der Waals surface area contributed by atoms with E-state index in [0.29, 0.717) is 49.3 Å². The molecule has 166 valence electrons. The number of carbonyl (C=O) groups is 4. The minimum Gasteiger partial charge on any atom is -0.339 e. The van der Waals surface area contributed by atoms with Gasteiger partial charge in [0.1, 0.15) is 6.54 Å². The highest BCUT2D eigenvalue weighted by Crippen LogP contribution is 2.23. The van der Waals surface area contributed by atoms with Crippen LogP contribution in [0.4, 0.5) is 0 Å². The number of imide groups is 1. The van der Waals surface area contributed by atoms with E-state index >= 15 is 0 Å². The number of amides is 4. The summed E-state index contributed by atoms with van der Waals surface area (Å²) in [4.78, 5) is 55.8. The van der Waals surface area contributed by atoms with Crippen LogP contribution in [0.2, 0.25) is 0 Å². The summed E-state index contributed by atoms with van der Waals surface area (Å²) in [5.74, 6) is -1.22. The van der Waals surface area contributed by atoms with Crippen molar-refractivity contribution in [3.8, 4) is 0 Å². The van der Waals surface area contributed by atoms with E-state index in [1.807, 2.05) is 42.5 Å². The number of fused-ring (bicyclic) bond motifs is 2. The lowest BCUT2D eigenvalue weighted by atomic mass is 10.0. The van der Waals surface area contributed by atoms with Gasteiger partial charge >= 0.3 is 0 Å². The van der Waals surface area contributed by atoms with Gasteiger partial charge in [0.2, 0.25) is 5.91 Å². The molecule has 5 rings (SSSR count). The Labute approximate surface area is 191 Å². The van der Waals surface area contributed by atoms with Crippen molar-refractivity contribution in [2.75, 3.05) is 32.7 Å². The van der Waals surface area contributed by atoms with E-state index < -0.39 is 11.8 Å².